The van der Waals surface area contributed by atoms with E-state index in [1.807, 2.05) is 0 Å². The molecule has 0 atom stereocenters. The SMILES string of the molecule is O=C(OCCSc1ccccc1F)c1ccccc1C(=O)c1ccc(Cl)cc1. The second-order valence-electron chi connectivity index (χ2n) is 5.80. The maximum absolute atomic E-state index is 13.6. The third-order valence-corrected chi connectivity index (χ3v) is 5.17. The number of hydrogen-bond donors (Lipinski definition) is 0. The first-order valence-electron chi connectivity index (χ1n) is 8.50. The van der Waals surface area contributed by atoms with Crippen molar-refractivity contribution in [3.63, 3.8) is 0 Å². The van der Waals surface area contributed by atoms with Crippen molar-refractivity contribution in [3.8, 4) is 0 Å². The molecule has 0 aliphatic heterocycles. The Kier molecular flexibility index (Phi) is 6.85. The number of carbonyl (C=O) groups is 2. The molecule has 0 amide bonds. The van der Waals surface area contributed by atoms with Crippen molar-refractivity contribution in [2.24, 2.45) is 0 Å². The molecule has 0 radical (unpaired) electrons. The highest BCUT2D eigenvalue weighted by Crippen LogP contribution is 2.21. The molecule has 3 aromatic carbocycles. The molecule has 0 aliphatic rings. The standard InChI is InChI=1S/C22H16ClFO3S/c23-16-11-9-15(10-12-16)21(25)17-5-1-2-6-18(17)22(26)27-13-14-28-20-8-4-3-7-19(20)24/h1-12H,13-14H2. The molecule has 0 bridgehead atoms. The topological polar surface area (TPSA) is 43.4 Å². The minimum Gasteiger partial charge on any atom is -0.461 e. The monoisotopic (exact) mass is 414 g/mol. The zero-order valence-electron chi connectivity index (χ0n) is 14.7. The van der Waals surface area contributed by atoms with E-state index in [9.17, 15) is 14.0 Å². The summed E-state index contributed by atoms with van der Waals surface area (Å²) in [7, 11) is 0. The number of benzene rings is 3. The first-order chi connectivity index (χ1) is 13.6. The van der Waals surface area contributed by atoms with E-state index in [1.165, 1.54) is 17.8 Å². The van der Waals surface area contributed by atoms with Gasteiger partial charge in [-0.15, -0.1) is 11.8 Å². The van der Waals surface area contributed by atoms with Gasteiger partial charge in [-0.25, -0.2) is 9.18 Å². The number of ketones is 1. The van der Waals surface area contributed by atoms with E-state index in [-0.39, 0.29) is 29.3 Å². The predicted molar refractivity (Wildman–Crippen MR) is 109 cm³/mol. The average Bonchev–Trinajstić information content (AvgIpc) is 2.72. The molecule has 3 aromatic rings. The van der Waals surface area contributed by atoms with Crippen molar-refractivity contribution in [1.82, 2.24) is 0 Å². The molecule has 0 heterocycles. The highest BCUT2D eigenvalue weighted by atomic mass is 35.5. The van der Waals surface area contributed by atoms with Crippen molar-refractivity contribution in [3.05, 3.63) is 100 Å². The lowest BCUT2D eigenvalue weighted by molar-refractivity contribution is 0.0527. The summed E-state index contributed by atoms with van der Waals surface area (Å²) in [6.45, 7) is 0.0985. The normalized spacial score (nSPS) is 10.5. The summed E-state index contributed by atoms with van der Waals surface area (Å²) < 4.78 is 18.9. The zero-order valence-corrected chi connectivity index (χ0v) is 16.3. The molecular formula is C22H16ClFO3S. The van der Waals surface area contributed by atoms with Crippen LogP contribution in [-0.2, 0) is 4.74 Å². The van der Waals surface area contributed by atoms with Crippen LogP contribution in [0.3, 0.4) is 0 Å². The van der Waals surface area contributed by atoms with Crippen LogP contribution in [0.1, 0.15) is 26.3 Å². The van der Waals surface area contributed by atoms with Crippen molar-refractivity contribution < 1.29 is 18.7 Å². The van der Waals surface area contributed by atoms with Gasteiger partial charge in [0.15, 0.2) is 5.78 Å². The largest absolute Gasteiger partial charge is 0.461 e. The van der Waals surface area contributed by atoms with Crippen LogP contribution in [0.25, 0.3) is 0 Å². The second kappa shape index (κ2) is 9.53. The third kappa shape index (κ3) is 5.00. The fourth-order valence-electron chi connectivity index (χ4n) is 2.54. The number of halogens is 2. The summed E-state index contributed by atoms with van der Waals surface area (Å²) in [5, 5.41) is 0.525. The van der Waals surface area contributed by atoms with Crippen LogP contribution in [0.2, 0.25) is 5.02 Å². The van der Waals surface area contributed by atoms with Gasteiger partial charge in [-0.05, 0) is 42.5 Å². The van der Waals surface area contributed by atoms with Crippen molar-refractivity contribution in [2.75, 3.05) is 12.4 Å². The van der Waals surface area contributed by atoms with Gasteiger partial charge in [0.2, 0.25) is 0 Å². The van der Waals surface area contributed by atoms with E-state index in [0.717, 1.165) is 0 Å². The summed E-state index contributed by atoms with van der Waals surface area (Å²) >= 11 is 7.12. The quantitative estimate of drug-likeness (QED) is 0.216. The van der Waals surface area contributed by atoms with Gasteiger partial charge in [-0.3, -0.25) is 4.79 Å². The molecular weight excluding hydrogens is 399 g/mol. The van der Waals surface area contributed by atoms with Crippen LogP contribution >= 0.6 is 23.4 Å². The molecule has 0 aliphatic carbocycles. The molecule has 0 saturated heterocycles. The molecule has 0 unspecified atom stereocenters. The van der Waals surface area contributed by atoms with Gasteiger partial charge in [0.05, 0.1) is 5.56 Å². The van der Waals surface area contributed by atoms with Crippen LogP contribution in [0, 0.1) is 5.82 Å². The fraction of sp³-hybridized carbons (Fsp3) is 0.0909. The molecule has 0 spiro atoms. The van der Waals surface area contributed by atoms with E-state index >= 15 is 0 Å². The maximum atomic E-state index is 13.6. The van der Waals surface area contributed by atoms with Crippen LogP contribution in [0.5, 0.6) is 0 Å². The molecule has 3 nitrogen and oxygen atoms in total. The molecule has 0 aromatic heterocycles. The smallest absolute Gasteiger partial charge is 0.338 e. The molecule has 3 rings (SSSR count). The van der Waals surface area contributed by atoms with E-state index in [4.69, 9.17) is 16.3 Å². The Morgan fingerprint density at radius 3 is 2.25 bits per heavy atom. The van der Waals surface area contributed by atoms with Gasteiger partial charge in [-0.1, -0.05) is 41.9 Å². The molecule has 0 N–H and O–H groups in total. The summed E-state index contributed by atoms with van der Waals surface area (Å²) in [4.78, 5) is 25.7. The number of thioether (sulfide) groups is 1. The van der Waals surface area contributed by atoms with Crippen molar-refractivity contribution in [2.45, 2.75) is 4.90 Å². The summed E-state index contributed by atoms with van der Waals surface area (Å²) in [6, 6.07) is 19.4. The Balaban J connectivity index is 1.65. The van der Waals surface area contributed by atoms with Crippen LogP contribution < -0.4 is 0 Å². The van der Waals surface area contributed by atoms with Crippen LogP contribution in [-0.4, -0.2) is 24.1 Å². The Bertz CT molecular complexity index is 989. The Labute approximate surface area is 171 Å². The van der Waals surface area contributed by atoms with E-state index in [2.05, 4.69) is 0 Å². The van der Waals surface area contributed by atoms with Crippen LogP contribution in [0.15, 0.2) is 77.7 Å². The van der Waals surface area contributed by atoms with Crippen molar-refractivity contribution >= 4 is 35.1 Å². The second-order valence-corrected chi connectivity index (χ2v) is 7.37. The van der Waals surface area contributed by atoms with Crippen molar-refractivity contribution in [1.29, 1.82) is 0 Å². The highest BCUT2D eigenvalue weighted by Gasteiger charge is 2.19. The number of carbonyl (C=O) groups excluding carboxylic acids is 2. The molecule has 6 heteroatoms. The first-order valence-corrected chi connectivity index (χ1v) is 9.86. The Hall–Kier alpha value is -2.63. The molecule has 142 valence electrons. The van der Waals surface area contributed by atoms with Gasteiger partial charge < -0.3 is 4.74 Å². The lowest BCUT2D eigenvalue weighted by atomic mass is 9.98. The van der Waals surface area contributed by atoms with Gasteiger partial charge >= 0.3 is 5.97 Å². The minimum absolute atomic E-state index is 0.0985. The number of ether oxygens (including phenoxy) is 1. The Morgan fingerprint density at radius 1 is 0.893 bits per heavy atom. The van der Waals surface area contributed by atoms with E-state index in [1.54, 1.807) is 66.7 Å². The number of esters is 1. The Morgan fingerprint density at radius 2 is 1.54 bits per heavy atom. The van der Waals surface area contributed by atoms with Gasteiger partial charge in [0.1, 0.15) is 12.4 Å². The van der Waals surface area contributed by atoms with Gasteiger partial charge in [0, 0.05) is 26.8 Å². The predicted octanol–water partition coefficient (Wildman–Crippen LogP) is 5.66. The zero-order chi connectivity index (χ0) is 19.9. The minimum atomic E-state index is -0.591. The van der Waals surface area contributed by atoms with Gasteiger partial charge in [-0.2, -0.15) is 0 Å². The number of rotatable bonds is 7. The molecule has 28 heavy (non-hydrogen) atoms. The maximum Gasteiger partial charge on any atom is 0.338 e. The van der Waals surface area contributed by atoms with E-state index < -0.39 is 5.97 Å². The van der Waals surface area contributed by atoms with Gasteiger partial charge in [0.25, 0.3) is 0 Å². The number of hydrogen-bond acceptors (Lipinski definition) is 4. The lowest BCUT2D eigenvalue weighted by Gasteiger charge is -2.09. The van der Waals surface area contributed by atoms with Crippen LogP contribution in [0.4, 0.5) is 4.39 Å². The summed E-state index contributed by atoms with van der Waals surface area (Å²) in [6.07, 6.45) is 0. The summed E-state index contributed by atoms with van der Waals surface area (Å²) in [5.74, 6) is -0.783. The highest BCUT2D eigenvalue weighted by molar-refractivity contribution is 7.99. The average molecular weight is 415 g/mol. The third-order valence-electron chi connectivity index (χ3n) is 3.91. The first kappa shape index (κ1) is 20.1. The fourth-order valence-corrected chi connectivity index (χ4v) is 3.43. The van der Waals surface area contributed by atoms with E-state index in [0.29, 0.717) is 21.2 Å². The molecule has 0 fully saturated rings. The summed E-state index contributed by atoms with van der Waals surface area (Å²) in [5.41, 5.74) is 0.884. The lowest BCUT2D eigenvalue weighted by Crippen LogP contribution is -2.14. The molecule has 0 saturated carbocycles.